The van der Waals surface area contributed by atoms with Gasteiger partial charge in [0.15, 0.2) is 0 Å². The summed E-state index contributed by atoms with van der Waals surface area (Å²) in [6.07, 6.45) is -3.57. The smallest absolute Gasteiger partial charge is 0.382 e. The summed E-state index contributed by atoms with van der Waals surface area (Å²) in [4.78, 5) is 0. The fourth-order valence-electron chi connectivity index (χ4n) is 1.54. The van der Waals surface area contributed by atoms with Gasteiger partial charge >= 0.3 is 6.18 Å². The fraction of sp³-hybridized carbons (Fsp3) is 0.385. The third kappa shape index (κ3) is 5.14. The molecule has 1 aromatic carbocycles. The SMILES string of the molecule is COCC(C)(NS(=O)(=O)C=Cc1ccccc1)C(F)(F)F. The molecule has 0 saturated heterocycles. The monoisotopic (exact) mass is 323 g/mol. The van der Waals surface area contributed by atoms with Crippen molar-refractivity contribution in [1.82, 2.24) is 4.72 Å². The first-order valence-corrected chi connectivity index (χ1v) is 7.47. The van der Waals surface area contributed by atoms with Crippen molar-refractivity contribution in [3.05, 3.63) is 41.3 Å². The van der Waals surface area contributed by atoms with E-state index in [4.69, 9.17) is 0 Å². The Morgan fingerprint density at radius 1 is 1.24 bits per heavy atom. The molecule has 21 heavy (non-hydrogen) atoms. The molecule has 1 atom stereocenters. The van der Waals surface area contributed by atoms with Gasteiger partial charge in [-0.3, -0.25) is 0 Å². The summed E-state index contributed by atoms with van der Waals surface area (Å²) in [5.41, 5.74) is -2.13. The highest BCUT2D eigenvalue weighted by molar-refractivity contribution is 7.92. The molecule has 1 rings (SSSR count). The fourth-order valence-corrected chi connectivity index (χ4v) is 2.75. The minimum absolute atomic E-state index is 0.559. The van der Waals surface area contributed by atoms with Crippen molar-refractivity contribution in [2.75, 3.05) is 13.7 Å². The van der Waals surface area contributed by atoms with Crippen molar-refractivity contribution in [1.29, 1.82) is 0 Å². The van der Waals surface area contributed by atoms with Gasteiger partial charge in [0.05, 0.1) is 6.61 Å². The number of alkyl halides is 3. The molecule has 1 aromatic rings. The molecule has 0 radical (unpaired) electrons. The van der Waals surface area contributed by atoms with Crippen molar-refractivity contribution in [3.63, 3.8) is 0 Å². The van der Waals surface area contributed by atoms with E-state index in [1.807, 2.05) is 0 Å². The van der Waals surface area contributed by atoms with E-state index in [0.29, 0.717) is 11.0 Å². The number of nitrogens with one attached hydrogen (secondary N) is 1. The first-order valence-electron chi connectivity index (χ1n) is 5.92. The van der Waals surface area contributed by atoms with E-state index >= 15 is 0 Å². The Balaban J connectivity index is 2.95. The molecule has 8 heteroatoms. The third-order valence-corrected chi connectivity index (χ3v) is 3.89. The Morgan fingerprint density at radius 3 is 2.29 bits per heavy atom. The maximum Gasteiger partial charge on any atom is 0.409 e. The molecular formula is C13H16F3NO3S. The van der Waals surface area contributed by atoms with Crippen molar-refractivity contribution in [3.8, 4) is 0 Å². The molecule has 0 aliphatic carbocycles. The molecule has 0 aliphatic rings. The van der Waals surface area contributed by atoms with Gasteiger partial charge < -0.3 is 4.74 Å². The van der Waals surface area contributed by atoms with Gasteiger partial charge in [-0.05, 0) is 18.6 Å². The highest BCUT2D eigenvalue weighted by atomic mass is 32.2. The van der Waals surface area contributed by atoms with Gasteiger partial charge in [0.2, 0.25) is 10.0 Å². The number of sulfonamides is 1. The van der Waals surface area contributed by atoms with E-state index in [-0.39, 0.29) is 0 Å². The van der Waals surface area contributed by atoms with Gasteiger partial charge in [-0.1, -0.05) is 30.3 Å². The number of methoxy groups -OCH3 is 1. The molecule has 118 valence electrons. The zero-order chi connectivity index (χ0) is 16.1. The van der Waals surface area contributed by atoms with Crippen LogP contribution in [0.1, 0.15) is 12.5 Å². The summed E-state index contributed by atoms with van der Waals surface area (Å²) < 4.78 is 68.5. The maximum atomic E-state index is 13.0. The van der Waals surface area contributed by atoms with Crippen LogP contribution in [0.15, 0.2) is 35.7 Å². The molecule has 1 N–H and O–H groups in total. The zero-order valence-corrected chi connectivity index (χ0v) is 12.3. The predicted molar refractivity (Wildman–Crippen MR) is 73.9 cm³/mol. The Bertz CT molecular complexity index is 584. The van der Waals surface area contributed by atoms with Gasteiger partial charge in [-0.2, -0.15) is 17.9 Å². The van der Waals surface area contributed by atoms with Gasteiger partial charge in [0, 0.05) is 12.5 Å². The van der Waals surface area contributed by atoms with Crippen LogP contribution >= 0.6 is 0 Å². The third-order valence-electron chi connectivity index (χ3n) is 2.67. The molecule has 0 heterocycles. The largest absolute Gasteiger partial charge is 0.409 e. The molecular weight excluding hydrogens is 307 g/mol. The topological polar surface area (TPSA) is 55.4 Å². The van der Waals surface area contributed by atoms with Crippen LogP contribution in [-0.4, -0.2) is 33.8 Å². The standard InChI is InChI=1S/C13H16F3NO3S/c1-12(10-20-2,13(14,15)16)17-21(18,19)9-8-11-6-4-3-5-7-11/h3-9,17H,10H2,1-2H3. The molecule has 1 unspecified atom stereocenters. The second-order valence-electron chi connectivity index (χ2n) is 4.62. The van der Waals surface area contributed by atoms with Crippen molar-refractivity contribution in [2.24, 2.45) is 0 Å². The molecule has 0 fully saturated rings. The van der Waals surface area contributed by atoms with Crippen LogP contribution in [0.4, 0.5) is 13.2 Å². The van der Waals surface area contributed by atoms with E-state index in [1.165, 1.54) is 6.08 Å². The number of ether oxygens (including phenoxy) is 1. The van der Waals surface area contributed by atoms with Crippen LogP contribution in [0.2, 0.25) is 0 Å². The van der Waals surface area contributed by atoms with E-state index < -0.39 is 28.3 Å². The molecule has 0 aromatic heterocycles. The normalized spacial score (nSPS) is 16.0. The number of hydrogen-bond donors (Lipinski definition) is 1. The molecule has 0 saturated carbocycles. The summed E-state index contributed by atoms with van der Waals surface area (Å²) in [6, 6.07) is 8.37. The first-order chi connectivity index (χ1) is 9.60. The van der Waals surface area contributed by atoms with Crippen molar-refractivity contribution >= 4 is 16.1 Å². The highest BCUT2D eigenvalue weighted by Gasteiger charge is 2.53. The van der Waals surface area contributed by atoms with Gasteiger partial charge in [-0.25, -0.2) is 8.42 Å². The van der Waals surface area contributed by atoms with Crippen molar-refractivity contribution < 1.29 is 26.3 Å². The average Bonchev–Trinajstić information content (AvgIpc) is 2.36. The van der Waals surface area contributed by atoms with Crippen LogP contribution in [0.25, 0.3) is 6.08 Å². The van der Waals surface area contributed by atoms with Crippen LogP contribution in [0, 0.1) is 0 Å². The number of rotatable bonds is 6. The minimum Gasteiger partial charge on any atom is -0.382 e. The molecule has 0 bridgehead atoms. The second-order valence-corrected chi connectivity index (χ2v) is 6.19. The van der Waals surface area contributed by atoms with Gasteiger partial charge in [0.1, 0.15) is 5.54 Å². The number of halogens is 3. The Hall–Kier alpha value is -1.38. The molecule has 4 nitrogen and oxygen atoms in total. The molecule has 0 spiro atoms. The summed E-state index contributed by atoms with van der Waals surface area (Å²) in [5, 5.41) is 0.696. The molecule has 0 aliphatic heterocycles. The first kappa shape index (κ1) is 17.7. The lowest BCUT2D eigenvalue weighted by atomic mass is 10.1. The van der Waals surface area contributed by atoms with Crippen LogP contribution in [-0.2, 0) is 14.8 Å². The maximum absolute atomic E-state index is 13.0. The Labute approximate surface area is 121 Å². The van der Waals surface area contributed by atoms with E-state index in [1.54, 1.807) is 35.1 Å². The molecule has 0 amide bonds. The summed E-state index contributed by atoms with van der Waals surface area (Å²) >= 11 is 0. The van der Waals surface area contributed by atoms with Gasteiger partial charge in [0.25, 0.3) is 0 Å². The lowest BCUT2D eigenvalue weighted by Crippen LogP contribution is -2.58. The summed E-state index contributed by atoms with van der Waals surface area (Å²) in [7, 11) is -3.21. The lowest BCUT2D eigenvalue weighted by Gasteiger charge is -2.31. The summed E-state index contributed by atoms with van der Waals surface area (Å²) in [6.45, 7) is -0.0979. The number of benzene rings is 1. The van der Waals surface area contributed by atoms with E-state index in [0.717, 1.165) is 14.0 Å². The van der Waals surface area contributed by atoms with Crippen LogP contribution in [0.5, 0.6) is 0 Å². The van der Waals surface area contributed by atoms with Crippen LogP contribution < -0.4 is 4.72 Å². The predicted octanol–water partition coefficient (Wildman–Crippen LogP) is 2.54. The van der Waals surface area contributed by atoms with E-state index in [2.05, 4.69) is 4.74 Å². The second kappa shape index (κ2) is 6.59. The Kier molecular flexibility index (Phi) is 5.54. The quantitative estimate of drug-likeness (QED) is 0.875. The van der Waals surface area contributed by atoms with Crippen LogP contribution in [0.3, 0.4) is 0 Å². The summed E-state index contributed by atoms with van der Waals surface area (Å²) in [5.74, 6) is 0. The van der Waals surface area contributed by atoms with Crippen molar-refractivity contribution in [2.45, 2.75) is 18.6 Å². The Morgan fingerprint density at radius 2 is 1.81 bits per heavy atom. The van der Waals surface area contributed by atoms with E-state index in [9.17, 15) is 21.6 Å². The minimum atomic E-state index is -4.78. The lowest BCUT2D eigenvalue weighted by molar-refractivity contribution is -0.197. The zero-order valence-electron chi connectivity index (χ0n) is 11.5. The van der Waals surface area contributed by atoms with Gasteiger partial charge in [-0.15, -0.1) is 0 Å². The number of hydrogen-bond acceptors (Lipinski definition) is 3. The highest BCUT2D eigenvalue weighted by Crippen LogP contribution is 2.31. The average molecular weight is 323 g/mol.